The lowest BCUT2D eigenvalue weighted by molar-refractivity contribution is 0.968. The molecule has 0 rings (SSSR count). The molecule has 0 aromatic rings. The molecule has 0 aliphatic rings. The minimum absolute atomic E-state index is 0.0861. The monoisotopic (exact) mass is 112 g/mol. The van der Waals surface area contributed by atoms with E-state index in [0.29, 0.717) is 0 Å². The lowest BCUT2D eigenvalue weighted by Gasteiger charge is -1.83. The largest absolute Gasteiger partial charge is 0.331 e. The molecule has 4 N–H and O–H groups in total. The van der Waals surface area contributed by atoms with Gasteiger partial charge in [0, 0.05) is 6.20 Å². The van der Waals surface area contributed by atoms with E-state index in [4.69, 9.17) is 11.3 Å². The van der Waals surface area contributed by atoms with Crippen molar-refractivity contribution >= 4 is 12.6 Å². The molecule has 0 heterocycles. The number of nitrogens with zero attached hydrogens (tertiary/aromatic N) is 1. The van der Waals surface area contributed by atoms with Crippen LogP contribution in [0.15, 0.2) is 17.3 Å². The van der Waals surface area contributed by atoms with E-state index in [9.17, 15) is 0 Å². The van der Waals surface area contributed by atoms with Gasteiger partial charge in [0.1, 0.15) is 5.84 Å². The first-order valence-corrected chi connectivity index (χ1v) is 1.99. The van der Waals surface area contributed by atoms with Crippen molar-refractivity contribution in [2.75, 3.05) is 0 Å². The summed E-state index contributed by atoms with van der Waals surface area (Å²) in [5.41, 5.74) is 2.22. The van der Waals surface area contributed by atoms with Gasteiger partial charge in [-0.05, 0) is 12.8 Å². The molecule has 0 aliphatic heterocycles. The lowest BCUT2D eigenvalue weighted by atomic mass is 10.6. The highest BCUT2D eigenvalue weighted by molar-refractivity contribution is 5.93. The number of hydrogen-bond acceptors (Lipinski definition) is 3. The average molecular weight is 112 g/mol. The van der Waals surface area contributed by atoms with Crippen molar-refractivity contribution in [1.29, 1.82) is 5.41 Å². The second kappa shape index (κ2) is 4.01. The molecule has 0 radical (unpaired) electrons. The first-order chi connectivity index (χ1) is 3.81. The van der Waals surface area contributed by atoms with Gasteiger partial charge in [0.05, 0.1) is 0 Å². The van der Waals surface area contributed by atoms with Crippen LogP contribution in [0.25, 0.3) is 0 Å². The van der Waals surface area contributed by atoms with Crippen LogP contribution in [0, 0.1) is 5.41 Å². The van der Waals surface area contributed by atoms with E-state index in [1.165, 1.54) is 12.3 Å². The quantitative estimate of drug-likeness (QED) is 0.197. The zero-order valence-electron chi connectivity index (χ0n) is 4.39. The summed E-state index contributed by atoms with van der Waals surface area (Å²) in [7, 11) is 0. The van der Waals surface area contributed by atoms with E-state index in [0.717, 1.165) is 0 Å². The molecule has 0 atom stereocenters. The average Bonchev–Trinajstić information content (AvgIpc) is 1.83. The van der Waals surface area contributed by atoms with Gasteiger partial charge in [0.2, 0.25) is 0 Å². The number of hydrogen-bond donors (Lipinski definition) is 3. The predicted octanol–water partition coefficient (Wildman–Crippen LogP) is -0.359. The zero-order valence-corrected chi connectivity index (χ0v) is 4.39. The summed E-state index contributed by atoms with van der Waals surface area (Å²) >= 11 is 0. The highest BCUT2D eigenvalue weighted by atomic mass is 15.2. The Bertz CT molecular complexity index is 115. The van der Waals surface area contributed by atoms with E-state index in [2.05, 4.69) is 17.1 Å². The number of hydrazine groups is 1. The van der Waals surface area contributed by atoms with E-state index in [-0.39, 0.29) is 5.84 Å². The molecule has 0 fully saturated rings. The van der Waals surface area contributed by atoms with Crippen molar-refractivity contribution < 1.29 is 0 Å². The van der Waals surface area contributed by atoms with Crippen molar-refractivity contribution in [1.82, 2.24) is 5.43 Å². The molecule has 0 bridgehead atoms. The van der Waals surface area contributed by atoms with Gasteiger partial charge >= 0.3 is 0 Å². The number of rotatable bonds is 2. The van der Waals surface area contributed by atoms with Crippen molar-refractivity contribution in [2.45, 2.75) is 0 Å². The van der Waals surface area contributed by atoms with Crippen LogP contribution in [0.4, 0.5) is 0 Å². The normalized spacial score (nSPS) is 9.12. The van der Waals surface area contributed by atoms with Crippen LogP contribution in [0.1, 0.15) is 0 Å². The van der Waals surface area contributed by atoms with E-state index < -0.39 is 0 Å². The summed E-state index contributed by atoms with van der Waals surface area (Å²) in [4.78, 5) is 3.28. The molecule has 0 saturated heterocycles. The molecule has 0 unspecified atom stereocenters. The zero-order chi connectivity index (χ0) is 6.41. The number of amidine groups is 1. The van der Waals surface area contributed by atoms with Crippen LogP contribution in [-0.2, 0) is 0 Å². The Balaban J connectivity index is 3.52. The van der Waals surface area contributed by atoms with Crippen molar-refractivity contribution in [3.8, 4) is 0 Å². The van der Waals surface area contributed by atoms with Crippen molar-refractivity contribution in [2.24, 2.45) is 10.8 Å². The van der Waals surface area contributed by atoms with E-state index in [1.54, 1.807) is 0 Å². The Morgan fingerprint density at radius 1 is 1.88 bits per heavy atom. The summed E-state index contributed by atoms with van der Waals surface area (Å²) in [5, 5.41) is 6.83. The summed E-state index contributed by atoms with van der Waals surface area (Å²) in [6, 6.07) is 0. The molecule has 0 aromatic carbocycles. The maximum Gasteiger partial charge on any atom is 0.145 e. The van der Waals surface area contributed by atoms with Crippen molar-refractivity contribution in [3.05, 3.63) is 12.3 Å². The maximum absolute atomic E-state index is 6.83. The summed E-state index contributed by atoms with van der Waals surface area (Å²) < 4.78 is 0. The molecular weight excluding hydrogens is 104 g/mol. The summed E-state index contributed by atoms with van der Waals surface area (Å²) in [5.74, 6) is 4.92. The first kappa shape index (κ1) is 6.84. The van der Waals surface area contributed by atoms with Gasteiger partial charge in [-0.25, -0.2) is 4.99 Å². The number of nitrogens with one attached hydrogen (secondary N) is 2. The summed E-state index contributed by atoms with van der Waals surface area (Å²) in [6.45, 7) is 3.12. The second-order valence-corrected chi connectivity index (χ2v) is 1.04. The maximum atomic E-state index is 6.83. The number of aliphatic imine (C=N–C) groups is 1. The molecule has 0 amide bonds. The fourth-order valence-corrected chi connectivity index (χ4v) is 0.180. The van der Waals surface area contributed by atoms with Crippen LogP contribution in [0.2, 0.25) is 0 Å². The highest BCUT2D eigenvalue weighted by Gasteiger charge is 1.75. The smallest absolute Gasteiger partial charge is 0.145 e. The van der Waals surface area contributed by atoms with Gasteiger partial charge in [-0.3, -0.25) is 11.3 Å². The van der Waals surface area contributed by atoms with E-state index >= 15 is 0 Å². The minimum atomic E-state index is 0.0861. The van der Waals surface area contributed by atoms with Crippen molar-refractivity contribution in [3.63, 3.8) is 0 Å². The SMILES string of the molecule is C=NC(=N)C=CNN. The first-order valence-electron chi connectivity index (χ1n) is 1.99. The van der Waals surface area contributed by atoms with Gasteiger partial charge in [0.15, 0.2) is 0 Å². The van der Waals surface area contributed by atoms with Gasteiger partial charge in [-0.15, -0.1) is 0 Å². The molecule has 8 heavy (non-hydrogen) atoms. The Hall–Kier alpha value is -1.16. The molecule has 0 spiro atoms. The van der Waals surface area contributed by atoms with Crippen LogP contribution < -0.4 is 11.3 Å². The third-order valence-corrected chi connectivity index (χ3v) is 0.508. The molecule has 44 valence electrons. The Kier molecular flexibility index (Phi) is 3.43. The predicted molar refractivity (Wildman–Crippen MR) is 33.7 cm³/mol. The van der Waals surface area contributed by atoms with Gasteiger partial charge in [0.25, 0.3) is 0 Å². The third kappa shape index (κ3) is 3.05. The fourth-order valence-electron chi connectivity index (χ4n) is 0.180. The second-order valence-electron chi connectivity index (χ2n) is 1.04. The van der Waals surface area contributed by atoms with Gasteiger partial charge < -0.3 is 5.43 Å². The molecule has 0 aromatic heterocycles. The molecule has 0 aliphatic carbocycles. The highest BCUT2D eigenvalue weighted by Crippen LogP contribution is 1.72. The van der Waals surface area contributed by atoms with Gasteiger partial charge in [-0.2, -0.15) is 0 Å². The van der Waals surface area contributed by atoms with Crippen LogP contribution >= 0.6 is 0 Å². The Morgan fingerprint density at radius 2 is 2.50 bits per heavy atom. The van der Waals surface area contributed by atoms with Gasteiger partial charge in [-0.1, -0.05) is 0 Å². The standard InChI is InChI=1S/C4H8N4/c1-7-4(5)2-3-8-6/h2-3,5,8H,1,6H2. The fraction of sp³-hybridized carbons (Fsp3) is 0. The molecule has 4 heteroatoms. The van der Waals surface area contributed by atoms with Crippen LogP contribution in [0.5, 0.6) is 0 Å². The summed E-state index contributed by atoms with van der Waals surface area (Å²) in [6.07, 6.45) is 2.80. The van der Waals surface area contributed by atoms with Crippen LogP contribution in [0.3, 0.4) is 0 Å². The lowest BCUT2D eigenvalue weighted by Crippen LogP contribution is -2.13. The minimum Gasteiger partial charge on any atom is -0.331 e. The topological polar surface area (TPSA) is 74.3 Å². The number of nitrogens with two attached hydrogens (primary N) is 1. The molecule has 4 nitrogen and oxygen atoms in total. The third-order valence-electron chi connectivity index (χ3n) is 0.508. The van der Waals surface area contributed by atoms with E-state index in [1.807, 2.05) is 0 Å². The molecular formula is C4H8N4. The Morgan fingerprint density at radius 3 is 2.88 bits per heavy atom. The Labute approximate surface area is 47.6 Å². The molecule has 0 saturated carbocycles. The van der Waals surface area contributed by atoms with Crippen LogP contribution in [-0.4, -0.2) is 12.6 Å².